The van der Waals surface area contributed by atoms with Gasteiger partial charge in [-0.2, -0.15) is 4.98 Å². The number of benzene rings is 2. The van der Waals surface area contributed by atoms with Gasteiger partial charge in [-0.25, -0.2) is 0 Å². The van der Waals surface area contributed by atoms with E-state index >= 15 is 0 Å². The van der Waals surface area contributed by atoms with Crippen molar-refractivity contribution >= 4 is 39.6 Å². The zero-order chi connectivity index (χ0) is 20.7. The van der Waals surface area contributed by atoms with Crippen molar-refractivity contribution in [3.63, 3.8) is 0 Å². The van der Waals surface area contributed by atoms with Gasteiger partial charge < -0.3 is 10.1 Å². The minimum Gasteiger partial charge on any atom is -0.489 e. The maximum Gasteiger partial charge on any atom is 0.279 e. The standard InChI is InChI=1S/C22H16ClN3O3S/c23-15-3-1-2-13(10-15)12-29-16-6-4-14(5-7-16)17-11-18(27)24-20-19(17)21(28)25-22-26(20)8-9-30-22/h1-10,17H,11-12H2,(H,24,27). The Morgan fingerprint density at radius 2 is 2.03 bits per heavy atom. The molecule has 8 heteroatoms. The maximum absolute atomic E-state index is 12.7. The van der Waals surface area contributed by atoms with E-state index in [1.165, 1.54) is 11.3 Å². The van der Waals surface area contributed by atoms with Crippen LogP contribution >= 0.6 is 22.9 Å². The maximum atomic E-state index is 12.7. The molecule has 1 N–H and O–H groups in total. The van der Waals surface area contributed by atoms with Gasteiger partial charge in [0.15, 0.2) is 4.96 Å². The van der Waals surface area contributed by atoms with E-state index < -0.39 is 0 Å². The van der Waals surface area contributed by atoms with Crippen LogP contribution in [-0.2, 0) is 11.4 Å². The van der Waals surface area contributed by atoms with Crippen molar-refractivity contribution in [3.05, 3.63) is 92.2 Å². The lowest BCUT2D eigenvalue weighted by atomic mass is 9.87. The first kappa shape index (κ1) is 18.8. The lowest BCUT2D eigenvalue weighted by Crippen LogP contribution is -2.31. The molecule has 6 nitrogen and oxygen atoms in total. The molecule has 3 heterocycles. The highest BCUT2D eigenvalue weighted by Crippen LogP contribution is 2.36. The molecule has 0 radical (unpaired) electrons. The summed E-state index contributed by atoms with van der Waals surface area (Å²) in [5, 5.41) is 5.34. The molecule has 0 spiro atoms. The topological polar surface area (TPSA) is 72.7 Å². The van der Waals surface area contributed by atoms with E-state index in [0.29, 0.717) is 33.7 Å². The summed E-state index contributed by atoms with van der Waals surface area (Å²) in [4.78, 5) is 29.8. The molecule has 30 heavy (non-hydrogen) atoms. The molecule has 0 saturated carbocycles. The molecule has 1 aliphatic heterocycles. The molecule has 1 atom stereocenters. The summed E-state index contributed by atoms with van der Waals surface area (Å²) in [5.74, 6) is 0.725. The van der Waals surface area contributed by atoms with Crippen LogP contribution in [-0.4, -0.2) is 15.3 Å². The van der Waals surface area contributed by atoms with Crippen LogP contribution in [0.3, 0.4) is 0 Å². The van der Waals surface area contributed by atoms with Gasteiger partial charge in [0.25, 0.3) is 5.56 Å². The van der Waals surface area contributed by atoms with Crippen LogP contribution in [0.1, 0.15) is 29.0 Å². The SMILES string of the molecule is O=C1CC(c2ccc(OCc3cccc(Cl)c3)cc2)c2c(n3ccsc3nc2=O)N1. The molecule has 0 aliphatic carbocycles. The van der Waals surface area contributed by atoms with Gasteiger partial charge in [0, 0.05) is 28.9 Å². The van der Waals surface area contributed by atoms with E-state index in [2.05, 4.69) is 10.3 Å². The third kappa shape index (κ3) is 3.46. The van der Waals surface area contributed by atoms with Crippen LogP contribution in [0, 0.1) is 0 Å². The number of halogens is 1. The Bertz CT molecular complexity index is 1310. The zero-order valence-electron chi connectivity index (χ0n) is 15.7. The average Bonchev–Trinajstić information content (AvgIpc) is 3.21. The van der Waals surface area contributed by atoms with Crippen LogP contribution < -0.4 is 15.6 Å². The summed E-state index contributed by atoms with van der Waals surface area (Å²) < 4.78 is 7.59. The number of ether oxygens (including phenoxy) is 1. The van der Waals surface area contributed by atoms with E-state index in [9.17, 15) is 9.59 Å². The van der Waals surface area contributed by atoms with Gasteiger partial charge in [-0.05, 0) is 35.4 Å². The van der Waals surface area contributed by atoms with Crippen LogP contribution in [0.5, 0.6) is 5.75 Å². The molecule has 0 fully saturated rings. The molecule has 5 rings (SSSR count). The molecular formula is C22H16ClN3O3S. The van der Waals surface area contributed by atoms with Gasteiger partial charge >= 0.3 is 0 Å². The molecule has 0 bridgehead atoms. The van der Waals surface area contributed by atoms with Crippen molar-refractivity contribution in [2.24, 2.45) is 0 Å². The number of amides is 1. The fourth-order valence-corrected chi connectivity index (χ4v) is 4.61. The van der Waals surface area contributed by atoms with Crippen molar-refractivity contribution in [2.75, 3.05) is 5.32 Å². The van der Waals surface area contributed by atoms with E-state index in [-0.39, 0.29) is 23.8 Å². The Balaban J connectivity index is 1.44. The normalized spacial score (nSPS) is 15.6. The van der Waals surface area contributed by atoms with Gasteiger partial charge in [0.2, 0.25) is 5.91 Å². The monoisotopic (exact) mass is 437 g/mol. The number of thiazole rings is 1. The quantitative estimate of drug-likeness (QED) is 0.511. The molecule has 2 aromatic carbocycles. The summed E-state index contributed by atoms with van der Waals surface area (Å²) >= 11 is 7.36. The van der Waals surface area contributed by atoms with Crippen LogP contribution in [0.15, 0.2) is 64.9 Å². The highest BCUT2D eigenvalue weighted by Gasteiger charge is 2.31. The van der Waals surface area contributed by atoms with Crippen molar-refractivity contribution in [3.8, 4) is 5.75 Å². The molecule has 1 amide bonds. The summed E-state index contributed by atoms with van der Waals surface area (Å²) in [6, 6.07) is 15.0. The van der Waals surface area contributed by atoms with Crippen LogP contribution in [0.4, 0.5) is 5.82 Å². The minimum atomic E-state index is -0.354. The van der Waals surface area contributed by atoms with Crippen LogP contribution in [0.25, 0.3) is 4.96 Å². The third-order valence-electron chi connectivity index (χ3n) is 5.09. The second-order valence-corrected chi connectivity index (χ2v) is 8.34. The first-order valence-electron chi connectivity index (χ1n) is 9.35. The number of carbonyl (C=O) groups is 1. The highest BCUT2D eigenvalue weighted by molar-refractivity contribution is 7.15. The minimum absolute atomic E-state index is 0.126. The van der Waals surface area contributed by atoms with Gasteiger partial charge in [-0.15, -0.1) is 11.3 Å². The summed E-state index contributed by atoms with van der Waals surface area (Å²) in [5.41, 5.74) is 2.05. The fraction of sp³-hybridized carbons (Fsp3) is 0.136. The van der Waals surface area contributed by atoms with Gasteiger partial charge in [0.1, 0.15) is 18.2 Å². The number of hydrogen-bond donors (Lipinski definition) is 1. The fourth-order valence-electron chi connectivity index (χ4n) is 3.69. The largest absolute Gasteiger partial charge is 0.489 e. The highest BCUT2D eigenvalue weighted by atomic mass is 35.5. The van der Waals surface area contributed by atoms with E-state index in [1.807, 2.05) is 53.9 Å². The molecule has 1 unspecified atom stereocenters. The smallest absolute Gasteiger partial charge is 0.279 e. The Labute approximate surface area is 180 Å². The van der Waals surface area contributed by atoms with Crippen LogP contribution in [0.2, 0.25) is 5.02 Å². The Morgan fingerprint density at radius 1 is 1.20 bits per heavy atom. The number of aromatic nitrogens is 2. The van der Waals surface area contributed by atoms with Gasteiger partial charge in [0.05, 0.1) is 5.56 Å². The average molecular weight is 438 g/mol. The first-order valence-corrected chi connectivity index (χ1v) is 10.6. The number of anilines is 1. The molecule has 150 valence electrons. The number of carbonyl (C=O) groups excluding carboxylic acids is 1. The van der Waals surface area contributed by atoms with E-state index in [4.69, 9.17) is 16.3 Å². The Morgan fingerprint density at radius 3 is 2.83 bits per heavy atom. The predicted octanol–water partition coefficient (Wildman–Crippen LogP) is 4.46. The van der Waals surface area contributed by atoms with E-state index in [0.717, 1.165) is 11.1 Å². The zero-order valence-corrected chi connectivity index (χ0v) is 17.2. The first-order chi connectivity index (χ1) is 14.6. The van der Waals surface area contributed by atoms with E-state index in [1.54, 1.807) is 10.6 Å². The lowest BCUT2D eigenvalue weighted by molar-refractivity contribution is -0.116. The number of rotatable bonds is 4. The predicted molar refractivity (Wildman–Crippen MR) is 117 cm³/mol. The number of nitrogens with zero attached hydrogens (tertiary/aromatic N) is 2. The summed E-state index contributed by atoms with van der Waals surface area (Å²) in [7, 11) is 0. The van der Waals surface area contributed by atoms with Gasteiger partial charge in [-0.3, -0.25) is 14.0 Å². The Kier molecular flexibility index (Phi) is 4.77. The molecule has 4 aromatic rings. The molecule has 1 aliphatic rings. The third-order valence-corrected chi connectivity index (χ3v) is 6.08. The number of hydrogen-bond acceptors (Lipinski definition) is 5. The van der Waals surface area contributed by atoms with Crippen molar-refractivity contribution < 1.29 is 9.53 Å². The lowest BCUT2D eigenvalue weighted by Gasteiger charge is -2.25. The number of nitrogens with one attached hydrogen (secondary N) is 1. The van der Waals surface area contributed by atoms with Crippen molar-refractivity contribution in [1.82, 2.24) is 9.38 Å². The summed E-state index contributed by atoms with van der Waals surface area (Å²) in [6.45, 7) is 0.399. The second kappa shape index (κ2) is 7.59. The summed E-state index contributed by atoms with van der Waals surface area (Å²) in [6.07, 6.45) is 2.00. The number of fused-ring (bicyclic) bond motifs is 3. The van der Waals surface area contributed by atoms with Crippen molar-refractivity contribution in [1.29, 1.82) is 0 Å². The molecular weight excluding hydrogens is 422 g/mol. The van der Waals surface area contributed by atoms with Gasteiger partial charge in [-0.1, -0.05) is 35.9 Å². The Hall–Kier alpha value is -3.16. The second-order valence-electron chi connectivity index (χ2n) is 7.03. The molecule has 0 saturated heterocycles. The molecule has 2 aromatic heterocycles. The van der Waals surface area contributed by atoms with Crippen molar-refractivity contribution in [2.45, 2.75) is 18.9 Å².